The molecular formula is C19H28N4O3S. The average molecular weight is 393 g/mol. The number of nitrogens with one attached hydrogen (secondary N) is 1. The van der Waals surface area contributed by atoms with Crippen LogP contribution in [0.2, 0.25) is 0 Å². The maximum atomic E-state index is 12.6. The van der Waals surface area contributed by atoms with Crippen molar-refractivity contribution < 1.29 is 13.9 Å². The molecule has 3 rings (SSSR count). The zero-order valence-electron chi connectivity index (χ0n) is 16.0. The van der Waals surface area contributed by atoms with Crippen LogP contribution in [0.15, 0.2) is 21.9 Å². The summed E-state index contributed by atoms with van der Waals surface area (Å²) in [5.74, 6) is 1.61. The van der Waals surface area contributed by atoms with Crippen molar-refractivity contribution in [2.75, 3.05) is 26.8 Å². The minimum atomic E-state index is 0.0443. The van der Waals surface area contributed by atoms with Crippen LogP contribution in [0.5, 0.6) is 0 Å². The lowest BCUT2D eigenvalue weighted by Gasteiger charge is -2.30. The summed E-state index contributed by atoms with van der Waals surface area (Å²) in [4.78, 5) is 15.5. The van der Waals surface area contributed by atoms with E-state index < -0.39 is 0 Å². The Balaban J connectivity index is 1.57. The lowest BCUT2D eigenvalue weighted by molar-refractivity contribution is -0.123. The smallest absolute Gasteiger partial charge is 0.257 e. The molecular weight excluding hydrogens is 364 g/mol. The maximum Gasteiger partial charge on any atom is 0.257 e. The van der Waals surface area contributed by atoms with E-state index >= 15 is 0 Å². The standard InChI is InChI=1S/C19H28N4O3S/c1-14-6-3-4-7-15(14)20-17(24)12-23(9-10-25-2)13-18-21-22-19(26-18)16-8-5-11-27-16/h5,8,11,14-15H,3-4,6-7,9-10,12-13H2,1-2H3,(H,20,24)/t14-,15+/m1/s1. The molecule has 2 atom stereocenters. The molecule has 1 aliphatic rings. The molecule has 0 aromatic carbocycles. The van der Waals surface area contributed by atoms with E-state index in [0.29, 0.717) is 43.9 Å². The Bertz CT molecular complexity index is 704. The van der Waals surface area contributed by atoms with Crippen molar-refractivity contribution in [1.82, 2.24) is 20.4 Å². The molecule has 1 amide bonds. The summed E-state index contributed by atoms with van der Waals surface area (Å²) in [6.07, 6.45) is 4.71. The Kier molecular flexibility index (Phi) is 7.37. The van der Waals surface area contributed by atoms with Crippen LogP contribution in [-0.2, 0) is 16.1 Å². The highest BCUT2D eigenvalue weighted by Crippen LogP contribution is 2.24. The van der Waals surface area contributed by atoms with Crippen LogP contribution in [-0.4, -0.2) is 53.9 Å². The van der Waals surface area contributed by atoms with Crippen LogP contribution in [0.4, 0.5) is 0 Å². The summed E-state index contributed by atoms with van der Waals surface area (Å²) in [7, 11) is 1.66. The SMILES string of the molecule is COCCN(CC(=O)N[C@H]1CCCC[C@H]1C)Cc1nnc(-c2cccs2)o1. The first-order valence-electron chi connectivity index (χ1n) is 9.52. The summed E-state index contributed by atoms with van der Waals surface area (Å²) < 4.78 is 10.9. The van der Waals surface area contributed by atoms with Gasteiger partial charge in [-0.1, -0.05) is 25.8 Å². The van der Waals surface area contributed by atoms with Crippen LogP contribution < -0.4 is 5.32 Å². The monoisotopic (exact) mass is 392 g/mol. The topological polar surface area (TPSA) is 80.5 Å². The number of carbonyl (C=O) groups is 1. The molecule has 8 heteroatoms. The second-order valence-electron chi connectivity index (χ2n) is 7.12. The van der Waals surface area contributed by atoms with Crippen LogP contribution in [0.1, 0.15) is 38.5 Å². The molecule has 0 radical (unpaired) electrons. The molecule has 148 valence electrons. The van der Waals surface area contributed by atoms with E-state index in [2.05, 4.69) is 22.4 Å². The zero-order valence-corrected chi connectivity index (χ0v) is 16.8. The van der Waals surface area contributed by atoms with Gasteiger partial charge in [-0.3, -0.25) is 9.69 Å². The molecule has 1 fully saturated rings. The number of carbonyl (C=O) groups excluding carboxylic acids is 1. The average Bonchev–Trinajstić information content (AvgIpc) is 3.33. The number of methoxy groups -OCH3 is 1. The summed E-state index contributed by atoms with van der Waals surface area (Å²) in [5.41, 5.74) is 0. The van der Waals surface area contributed by atoms with Gasteiger partial charge in [0.15, 0.2) is 0 Å². The van der Waals surface area contributed by atoms with Gasteiger partial charge in [-0.2, -0.15) is 0 Å². The van der Waals surface area contributed by atoms with Crippen molar-refractivity contribution in [3.8, 4) is 10.8 Å². The van der Waals surface area contributed by atoms with Gasteiger partial charge in [-0.25, -0.2) is 0 Å². The molecule has 1 N–H and O–H groups in total. The van der Waals surface area contributed by atoms with Crippen molar-refractivity contribution in [2.24, 2.45) is 5.92 Å². The molecule has 7 nitrogen and oxygen atoms in total. The number of rotatable bonds is 9. The zero-order chi connectivity index (χ0) is 19.1. The molecule has 2 heterocycles. The van der Waals surface area contributed by atoms with E-state index in [-0.39, 0.29) is 11.9 Å². The molecule has 2 aromatic rings. The largest absolute Gasteiger partial charge is 0.419 e. The minimum absolute atomic E-state index is 0.0443. The van der Waals surface area contributed by atoms with E-state index in [4.69, 9.17) is 9.15 Å². The van der Waals surface area contributed by atoms with Gasteiger partial charge in [0, 0.05) is 19.7 Å². The Morgan fingerprint density at radius 3 is 3.00 bits per heavy atom. The van der Waals surface area contributed by atoms with E-state index in [1.54, 1.807) is 18.4 Å². The van der Waals surface area contributed by atoms with Crippen LogP contribution >= 0.6 is 11.3 Å². The second-order valence-corrected chi connectivity index (χ2v) is 8.07. The van der Waals surface area contributed by atoms with Gasteiger partial charge in [0.25, 0.3) is 5.89 Å². The first-order chi connectivity index (χ1) is 13.2. The van der Waals surface area contributed by atoms with Gasteiger partial charge < -0.3 is 14.5 Å². The van der Waals surface area contributed by atoms with Gasteiger partial charge in [0.2, 0.25) is 11.8 Å². The summed E-state index contributed by atoms with van der Waals surface area (Å²) in [6.45, 7) is 4.11. The van der Waals surface area contributed by atoms with Crippen molar-refractivity contribution in [2.45, 2.75) is 45.2 Å². The Morgan fingerprint density at radius 2 is 2.26 bits per heavy atom. The number of thiophene rings is 1. The van der Waals surface area contributed by atoms with Crippen LogP contribution in [0.25, 0.3) is 10.8 Å². The number of ether oxygens (including phenoxy) is 1. The second kappa shape index (κ2) is 9.96. The van der Waals surface area contributed by atoms with Crippen molar-refractivity contribution in [3.05, 3.63) is 23.4 Å². The fraction of sp³-hybridized carbons (Fsp3) is 0.632. The number of aromatic nitrogens is 2. The molecule has 1 saturated carbocycles. The number of nitrogens with zero attached hydrogens (tertiary/aromatic N) is 3. The van der Waals surface area contributed by atoms with E-state index in [0.717, 1.165) is 11.3 Å². The highest BCUT2D eigenvalue weighted by molar-refractivity contribution is 7.13. The van der Waals surface area contributed by atoms with E-state index in [9.17, 15) is 4.79 Å². The predicted molar refractivity (Wildman–Crippen MR) is 104 cm³/mol. The van der Waals surface area contributed by atoms with Gasteiger partial charge >= 0.3 is 0 Å². The lowest BCUT2D eigenvalue weighted by atomic mass is 9.86. The number of hydrogen-bond donors (Lipinski definition) is 1. The molecule has 0 aliphatic heterocycles. The van der Waals surface area contributed by atoms with Crippen molar-refractivity contribution >= 4 is 17.2 Å². The molecule has 27 heavy (non-hydrogen) atoms. The normalized spacial score (nSPS) is 20.1. The summed E-state index contributed by atoms with van der Waals surface area (Å²) in [6, 6.07) is 4.18. The minimum Gasteiger partial charge on any atom is -0.419 e. The lowest BCUT2D eigenvalue weighted by Crippen LogP contribution is -2.46. The number of amides is 1. The molecule has 2 aromatic heterocycles. The Labute approximate surface area is 164 Å². The fourth-order valence-corrected chi connectivity index (χ4v) is 4.07. The van der Waals surface area contributed by atoms with E-state index in [1.807, 2.05) is 22.4 Å². The van der Waals surface area contributed by atoms with Crippen LogP contribution in [0, 0.1) is 5.92 Å². The molecule has 0 saturated heterocycles. The predicted octanol–water partition coefficient (Wildman–Crippen LogP) is 2.94. The summed E-state index contributed by atoms with van der Waals surface area (Å²) in [5, 5.41) is 13.4. The van der Waals surface area contributed by atoms with Gasteiger partial charge in [-0.05, 0) is 30.2 Å². The maximum absolute atomic E-state index is 12.6. The Morgan fingerprint density at radius 1 is 1.41 bits per heavy atom. The third kappa shape index (κ3) is 5.85. The first-order valence-corrected chi connectivity index (χ1v) is 10.4. The van der Waals surface area contributed by atoms with Gasteiger partial charge in [-0.15, -0.1) is 21.5 Å². The van der Waals surface area contributed by atoms with Crippen molar-refractivity contribution in [1.29, 1.82) is 0 Å². The third-order valence-electron chi connectivity index (χ3n) is 4.99. The number of hydrogen-bond acceptors (Lipinski definition) is 7. The third-order valence-corrected chi connectivity index (χ3v) is 5.85. The molecule has 0 bridgehead atoms. The first kappa shape index (κ1) is 20.0. The summed E-state index contributed by atoms with van der Waals surface area (Å²) >= 11 is 1.56. The highest BCUT2D eigenvalue weighted by Gasteiger charge is 2.24. The molecule has 0 spiro atoms. The van der Waals surface area contributed by atoms with Crippen LogP contribution in [0.3, 0.4) is 0 Å². The molecule has 0 unspecified atom stereocenters. The fourth-order valence-electron chi connectivity index (χ4n) is 3.43. The van der Waals surface area contributed by atoms with Gasteiger partial charge in [0.05, 0.1) is 24.6 Å². The van der Waals surface area contributed by atoms with Crippen molar-refractivity contribution in [3.63, 3.8) is 0 Å². The Hall–Kier alpha value is -1.77. The van der Waals surface area contributed by atoms with E-state index in [1.165, 1.54) is 19.3 Å². The molecule has 1 aliphatic carbocycles. The highest BCUT2D eigenvalue weighted by atomic mass is 32.1. The van der Waals surface area contributed by atoms with Gasteiger partial charge in [0.1, 0.15) is 0 Å². The quantitative estimate of drug-likeness (QED) is 0.707.